The number of H-pyrrole nitrogens is 1. The molecule has 0 aliphatic carbocycles. The molecule has 1 heterocycles. The van der Waals surface area contributed by atoms with Crippen LogP contribution in [0.2, 0.25) is 0 Å². The van der Waals surface area contributed by atoms with Crippen LogP contribution in [0.5, 0.6) is 5.75 Å². The molecule has 2 aromatic carbocycles. The molecule has 0 saturated heterocycles. The molecule has 3 aromatic rings. The molecule has 146 valence electrons. The first kappa shape index (κ1) is 19.6. The van der Waals surface area contributed by atoms with Gasteiger partial charge in [-0.25, -0.2) is 4.98 Å². The van der Waals surface area contributed by atoms with E-state index in [1.54, 1.807) is 0 Å². The van der Waals surface area contributed by atoms with Gasteiger partial charge in [0, 0.05) is 11.3 Å². The van der Waals surface area contributed by atoms with Gasteiger partial charge in [0.05, 0.1) is 19.6 Å². The molecule has 0 bridgehead atoms. The predicted molar refractivity (Wildman–Crippen MR) is 109 cm³/mol. The number of carbonyl (C=O) groups excluding carboxylic acids is 1. The van der Waals surface area contributed by atoms with Gasteiger partial charge in [-0.05, 0) is 67.8 Å². The fraction of sp³-hybridized carbons (Fsp3) is 0.286. The lowest BCUT2D eigenvalue weighted by atomic mass is 10.1. The van der Waals surface area contributed by atoms with Gasteiger partial charge in [-0.15, -0.1) is 0 Å². The Balaban J connectivity index is 1.52. The molecular formula is C21H25N5O2. The summed E-state index contributed by atoms with van der Waals surface area (Å²) in [6, 6.07) is 11.5. The van der Waals surface area contributed by atoms with Gasteiger partial charge in [0.2, 0.25) is 5.91 Å². The Hall–Kier alpha value is -3.19. The first-order valence-corrected chi connectivity index (χ1v) is 9.18. The highest BCUT2D eigenvalue weighted by atomic mass is 16.5. The van der Waals surface area contributed by atoms with E-state index in [0.717, 1.165) is 22.4 Å². The lowest BCUT2D eigenvalue weighted by molar-refractivity contribution is -0.116. The van der Waals surface area contributed by atoms with Crippen LogP contribution >= 0.6 is 0 Å². The monoisotopic (exact) mass is 379 g/mol. The van der Waals surface area contributed by atoms with Crippen LogP contribution in [-0.4, -0.2) is 27.7 Å². The van der Waals surface area contributed by atoms with Gasteiger partial charge < -0.3 is 15.8 Å². The van der Waals surface area contributed by atoms with Crippen LogP contribution in [0.4, 0.5) is 5.69 Å². The third-order valence-electron chi connectivity index (χ3n) is 4.50. The minimum absolute atomic E-state index is 0.0990. The van der Waals surface area contributed by atoms with Crippen molar-refractivity contribution in [3.63, 3.8) is 0 Å². The molecule has 0 aliphatic rings. The number of aryl methyl sites for hydroxylation is 2. The highest BCUT2D eigenvalue weighted by Crippen LogP contribution is 2.23. The SMILES string of the molecule is Cc1cc(C)c(C)c(OCCC(=O)Nc2ccc(-c3n[nH]c(CN)n3)cc2)c1. The molecular weight excluding hydrogens is 354 g/mol. The highest BCUT2D eigenvalue weighted by Gasteiger charge is 2.08. The Labute approximate surface area is 164 Å². The zero-order chi connectivity index (χ0) is 20.1. The summed E-state index contributed by atoms with van der Waals surface area (Å²) in [5.74, 6) is 1.94. The van der Waals surface area contributed by atoms with E-state index in [4.69, 9.17) is 10.5 Å². The minimum Gasteiger partial charge on any atom is -0.493 e. The maximum atomic E-state index is 12.2. The summed E-state index contributed by atoms with van der Waals surface area (Å²) in [4.78, 5) is 16.5. The summed E-state index contributed by atoms with van der Waals surface area (Å²) in [7, 11) is 0. The van der Waals surface area contributed by atoms with E-state index in [2.05, 4.69) is 33.5 Å². The average molecular weight is 379 g/mol. The van der Waals surface area contributed by atoms with Gasteiger partial charge >= 0.3 is 0 Å². The molecule has 0 spiro atoms. The van der Waals surface area contributed by atoms with Gasteiger partial charge in [0.1, 0.15) is 11.6 Å². The molecule has 7 heteroatoms. The van der Waals surface area contributed by atoms with Crippen LogP contribution in [0.15, 0.2) is 36.4 Å². The number of nitrogens with one attached hydrogen (secondary N) is 2. The maximum Gasteiger partial charge on any atom is 0.227 e. The first-order chi connectivity index (χ1) is 13.5. The maximum absolute atomic E-state index is 12.2. The Bertz CT molecular complexity index is 963. The van der Waals surface area contributed by atoms with Gasteiger partial charge in [0.25, 0.3) is 0 Å². The van der Waals surface area contributed by atoms with E-state index >= 15 is 0 Å². The van der Waals surface area contributed by atoms with Crippen LogP contribution in [0.3, 0.4) is 0 Å². The van der Waals surface area contributed by atoms with E-state index < -0.39 is 0 Å². The molecule has 0 fully saturated rings. The summed E-state index contributed by atoms with van der Waals surface area (Å²) < 4.78 is 5.81. The molecule has 1 aromatic heterocycles. The summed E-state index contributed by atoms with van der Waals surface area (Å²) in [6.45, 7) is 6.75. The van der Waals surface area contributed by atoms with Crippen molar-refractivity contribution in [3.05, 3.63) is 58.9 Å². The Morgan fingerprint density at radius 1 is 1.18 bits per heavy atom. The molecule has 0 unspecified atom stereocenters. The van der Waals surface area contributed by atoms with Crippen molar-refractivity contribution < 1.29 is 9.53 Å². The molecule has 0 saturated carbocycles. The Morgan fingerprint density at radius 3 is 2.61 bits per heavy atom. The molecule has 0 aliphatic heterocycles. The third kappa shape index (κ3) is 4.75. The topological polar surface area (TPSA) is 106 Å². The third-order valence-corrected chi connectivity index (χ3v) is 4.50. The molecule has 1 amide bonds. The number of hydrogen-bond donors (Lipinski definition) is 3. The number of carbonyl (C=O) groups is 1. The normalized spacial score (nSPS) is 10.7. The van der Waals surface area contributed by atoms with Crippen molar-refractivity contribution in [2.75, 3.05) is 11.9 Å². The van der Waals surface area contributed by atoms with Gasteiger partial charge in [-0.2, -0.15) is 5.10 Å². The molecule has 0 radical (unpaired) electrons. The van der Waals surface area contributed by atoms with Crippen LogP contribution in [0.25, 0.3) is 11.4 Å². The first-order valence-electron chi connectivity index (χ1n) is 9.18. The number of nitrogens with zero attached hydrogens (tertiary/aromatic N) is 2. The van der Waals surface area contributed by atoms with E-state index in [1.807, 2.05) is 44.2 Å². The van der Waals surface area contributed by atoms with E-state index in [0.29, 0.717) is 30.5 Å². The fourth-order valence-corrected chi connectivity index (χ4v) is 2.85. The lowest BCUT2D eigenvalue weighted by Gasteiger charge is -2.12. The van der Waals surface area contributed by atoms with Crippen molar-refractivity contribution in [1.82, 2.24) is 15.2 Å². The van der Waals surface area contributed by atoms with Gasteiger partial charge in [0.15, 0.2) is 5.82 Å². The van der Waals surface area contributed by atoms with E-state index in [-0.39, 0.29) is 12.3 Å². The number of hydrogen-bond acceptors (Lipinski definition) is 5. The number of aromatic nitrogens is 3. The summed E-state index contributed by atoms with van der Waals surface area (Å²) in [5.41, 5.74) is 10.5. The number of rotatable bonds is 7. The van der Waals surface area contributed by atoms with E-state index in [9.17, 15) is 4.79 Å². The molecule has 0 atom stereocenters. The lowest BCUT2D eigenvalue weighted by Crippen LogP contribution is -2.15. The number of ether oxygens (including phenoxy) is 1. The smallest absolute Gasteiger partial charge is 0.227 e. The van der Waals surface area contributed by atoms with Crippen molar-refractivity contribution in [2.24, 2.45) is 5.73 Å². The van der Waals surface area contributed by atoms with Crippen molar-refractivity contribution >= 4 is 11.6 Å². The van der Waals surface area contributed by atoms with Gasteiger partial charge in [-0.1, -0.05) is 6.07 Å². The molecule has 28 heavy (non-hydrogen) atoms. The minimum atomic E-state index is -0.0990. The van der Waals surface area contributed by atoms with Crippen LogP contribution in [0, 0.1) is 20.8 Å². The summed E-state index contributed by atoms with van der Waals surface area (Å²) in [6.07, 6.45) is 0.273. The summed E-state index contributed by atoms with van der Waals surface area (Å²) >= 11 is 0. The number of nitrogens with two attached hydrogens (primary N) is 1. The van der Waals surface area contributed by atoms with E-state index in [1.165, 1.54) is 5.56 Å². The van der Waals surface area contributed by atoms with Crippen molar-refractivity contribution in [3.8, 4) is 17.1 Å². The Morgan fingerprint density at radius 2 is 1.93 bits per heavy atom. The Kier molecular flexibility index (Phi) is 6.06. The number of anilines is 1. The average Bonchev–Trinajstić information content (AvgIpc) is 3.15. The zero-order valence-electron chi connectivity index (χ0n) is 16.4. The fourth-order valence-electron chi connectivity index (χ4n) is 2.85. The second-order valence-corrected chi connectivity index (χ2v) is 6.74. The van der Waals surface area contributed by atoms with Crippen LogP contribution in [0.1, 0.15) is 28.9 Å². The largest absolute Gasteiger partial charge is 0.493 e. The van der Waals surface area contributed by atoms with Crippen molar-refractivity contribution in [2.45, 2.75) is 33.7 Å². The van der Waals surface area contributed by atoms with Crippen molar-refractivity contribution in [1.29, 1.82) is 0 Å². The quantitative estimate of drug-likeness (QED) is 0.584. The number of aromatic amines is 1. The molecule has 3 rings (SSSR count). The number of amides is 1. The number of benzene rings is 2. The molecule has 4 N–H and O–H groups in total. The van der Waals surface area contributed by atoms with Crippen LogP contribution in [-0.2, 0) is 11.3 Å². The highest BCUT2D eigenvalue weighted by molar-refractivity contribution is 5.91. The zero-order valence-corrected chi connectivity index (χ0v) is 16.4. The van der Waals surface area contributed by atoms with Gasteiger partial charge in [-0.3, -0.25) is 9.89 Å². The summed E-state index contributed by atoms with van der Waals surface area (Å²) in [5, 5.41) is 9.77. The second-order valence-electron chi connectivity index (χ2n) is 6.74. The molecule has 7 nitrogen and oxygen atoms in total. The standard InChI is InChI=1S/C21H25N5O2/c1-13-10-14(2)15(3)18(11-13)28-9-8-20(27)23-17-6-4-16(5-7-17)21-24-19(12-22)25-26-21/h4-7,10-11H,8-9,12,22H2,1-3H3,(H,23,27)(H,24,25,26). The van der Waals surface area contributed by atoms with Crippen LogP contribution < -0.4 is 15.8 Å². The second kappa shape index (κ2) is 8.67. The predicted octanol–water partition coefficient (Wildman–Crippen LogP) is 3.26.